The lowest BCUT2D eigenvalue weighted by atomic mass is 10.1. The Morgan fingerprint density at radius 2 is 1.96 bits per heavy atom. The van der Waals surface area contributed by atoms with Gasteiger partial charge in [0.2, 0.25) is 5.91 Å². The van der Waals surface area contributed by atoms with Crippen molar-refractivity contribution in [2.75, 3.05) is 25.1 Å². The van der Waals surface area contributed by atoms with Crippen molar-refractivity contribution in [3.05, 3.63) is 59.7 Å². The van der Waals surface area contributed by atoms with Crippen LogP contribution in [-0.4, -0.2) is 36.9 Å². The first-order valence-electron chi connectivity index (χ1n) is 8.95. The minimum atomic E-state index is -0.0307. The highest BCUT2D eigenvalue weighted by Gasteiger charge is 2.23. The van der Waals surface area contributed by atoms with E-state index in [9.17, 15) is 9.59 Å². The van der Waals surface area contributed by atoms with Gasteiger partial charge < -0.3 is 14.5 Å². The number of ether oxygens (including phenoxy) is 1. The molecule has 0 atom stereocenters. The van der Waals surface area contributed by atoms with Gasteiger partial charge in [0.1, 0.15) is 5.75 Å². The number of rotatable bonds is 6. The van der Waals surface area contributed by atoms with Crippen molar-refractivity contribution in [1.29, 1.82) is 0 Å². The summed E-state index contributed by atoms with van der Waals surface area (Å²) in [4.78, 5) is 28.5. The quantitative estimate of drug-likeness (QED) is 0.800. The Hall–Kier alpha value is -2.82. The molecule has 1 saturated heterocycles. The second-order valence-corrected chi connectivity index (χ2v) is 6.37. The second-order valence-electron chi connectivity index (χ2n) is 6.37. The zero-order chi connectivity index (χ0) is 18.5. The summed E-state index contributed by atoms with van der Waals surface area (Å²) >= 11 is 0. The summed E-state index contributed by atoms with van der Waals surface area (Å²) in [5.74, 6) is 0.892. The molecule has 0 unspecified atom stereocenters. The summed E-state index contributed by atoms with van der Waals surface area (Å²) in [6.45, 7) is 3.83. The van der Waals surface area contributed by atoms with Crippen LogP contribution >= 0.6 is 0 Å². The molecule has 2 aromatic carbocycles. The molecule has 0 aromatic heterocycles. The number of methoxy groups -OCH3 is 1. The van der Waals surface area contributed by atoms with Gasteiger partial charge in [-0.05, 0) is 49.2 Å². The predicted molar refractivity (Wildman–Crippen MR) is 101 cm³/mol. The molecule has 5 nitrogen and oxygen atoms in total. The molecule has 3 rings (SSSR count). The lowest BCUT2D eigenvalue weighted by Crippen LogP contribution is -2.30. The fourth-order valence-electron chi connectivity index (χ4n) is 3.19. The van der Waals surface area contributed by atoms with E-state index in [-0.39, 0.29) is 11.8 Å². The third-order valence-corrected chi connectivity index (χ3v) is 4.68. The lowest BCUT2D eigenvalue weighted by Gasteiger charge is -2.22. The van der Waals surface area contributed by atoms with Crippen LogP contribution in [0.2, 0.25) is 0 Å². The molecule has 1 heterocycles. The molecule has 2 aromatic rings. The molecular weight excluding hydrogens is 328 g/mol. The average Bonchev–Trinajstić information content (AvgIpc) is 3.12. The Bertz CT molecular complexity index is 786. The molecule has 2 amide bonds. The van der Waals surface area contributed by atoms with Gasteiger partial charge in [-0.2, -0.15) is 0 Å². The third kappa shape index (κ3) is 3.87. The number of nitrogens with zero attached hydrogens (tertiary/aromatic N) is 2. The van der Waals surface area contributed by atoms with Crippen LogP contribution in [0.5, 0.6) is 5.75 Å². The molecule has 0 spiro atoms. The van der Waals surface area contributed by atoms with E-state index in [4.69, 9.17) is 4.74 Å². The van der Waals surface area contributed by atoms with Crippen molar-refractivity contribution in [2.45, 2.75) is 26.3 Å². The number of benzene rings is 2. The monoisotopic (exact) mass is 352 g/mol. The Balaban J connectivity index is 1.76. The van der Waals surface area contributed by atoms with Crippen LogP contribution in [0.25, 0.3) is 0 Å². The van der Waals surface area contributed by atoms with Gasteiger partial charge in [-0.25, -0.2) is 0 Å². The van der Waals surface area contributed by atoms with Gasteiger partial charge in [0.15, 0.2) is 0 Å². The predicted octanol–water partition coefficient (Wildman–Crippen LogP) is 3.48. The van der Waals surface area contributed by atoms with Crippen LogP contribution in [0, 0.1) is 0 Å². The maximum Gasteiger partial charge on any atom is 0.254 e. The van der Waals surface area contributed by atoms with Crippen LogP contribution in [0.15, 0.2) is 48.5 Å². The molecule has 0 saturated carbocycles. The summed E-state index contributed by atoms with van der Waals surface area (Å²) in [6, 6.07) is 15.1. The van der Waals surface area contributed by atoms with Crippen LogP contribution < -0.4 is 9.64 Å². The molecule has 26 heavy (non-hydrogen) atoms. The number of hydrogen-bond donors (Lipinski definition) is 0. The first-order chi connectivity index (χ1) is 12.6. The van der Waals surface area contributed by atoms with Crippen molar-refractivity contribution in [3.63, 3.8) is 0 Å². The van der Waals surface area contributed by atoms with Crippen molar-refractivity contribution in [1.82, 2.24) is 4.90 Å². The summed E-state index contributed by atoms with van der Waals surface area (Å²) in [5.41, 5.74) is 2.46. The molecule has 0 radical (unpaired) electrons. The molecule has 1 aliphatic rings. The molecular formula is C21H24N2O3. The Labute approximate surface area is 154 Å². The lowest BCUT2D eigenvalue weighted by molar-refractivity contribution is -0.117. The van der Waals surface area contributed by atoms with Gasteiger partial charge in [-0.3, -0.25) is 9.59 Å². The fourth-order valence-corrected chi connectivity index (χ4v) is 3.19. The first-order valence-corrected chi connectivity index (χ1v) is 8.95. The van der Waals surface area contributed by atoms with E-state index in [0.29, 0.717) is 25.1 Å². The van der Waals surface area contributed by atoms with Crippen molar-refractivity contribution < 1.29 is 14.3 Å². The topological polar surface area (TPSA) is 49.9 Å². The van der Waals surface area contributed by atoms with E-state index in [1.54, 1.807) is 16.9 Å². The average molecular weight is 352 g/mol. The molecule has 0 bridgehead atoms. The SMILES string of the molecule is CCN(Cc1ccc(OC)cc1)C(=O)c1cccc(N2CCCC2=O)c1. The van der Waals surface area contributed by atoms with E-state index >= 15 is 0 Å². The van der Waals surface area contributed by atoms with Crippen molar-refractivity contribution in [2.24, 2.45) is 0 Å². The highest BCUT2D eigenvalue weighted by Crippen LogP contribution is 2.23. The Morgan fingerprint density at radius 1 is 1.19 bits per heavy atom. The minimum Gasteiger partial charge on any atom is -0.497 e. The molecule has 1 fully saturated rings. The number of hydrogen-bond acceptors (Lipinski definition) is 3. The van der Waals surface area contributed by atoms with E-state index in [1.807, 2.05) is 55.5 Å². The van der Waals surface area contributed by atoms with Crippen molar-refractivity contribution in [3.8, 4) is 5.75 Å². The third-order valence-electron chi connectivity index (χ3n) is 4.68. The standard InChI is InChI=1S/C21H24N2O3/c1-3-22(15-16-9-11-19(26-2)12-10-16)21(25)17-6-4-7-18(14-17)23-13-5-8-20(23)24/h4,6-7,9-12,14H,3,5,8,13,15H2,1-2H3. The molecule has 0 aliphatic carbocycles. The van der Waals surface area contributed by atoms with Crippen LogP contribution in [0.4, 0.5) is 5.69 Å². The Kier molecular flexibility index (Phi) is 5.56. The largest absolute Gasteiger partial charge is 0.497 e. The van der Waals surface area contributed by atoms with Gasteiger partial charge >= 0.3 is 0 Å². The maximum absolute atomic E-state index is 12.9. The number of anilines is 1. The molecule has 0 N–H and O–H groups in total. The van der Waals surface area contributed by atoms with Crippen LogP contribution in [0.1, 0.15) is 35.7 Å². The van der Waals surface area contributed by atoms with Gasteiger partial charge in [0, 0.05) is 37.3 Å². The second kappa shape index (κ2) is 8.04. The van der Waals surface area contributed by atoms with Gasteiger partial charge in [-0.1, -0.05) is 18.2 Å². The zero-order valence-corrected chi connectivity index (χ0v) is 15.3. The smallest absolute Gasteiger partial charge is 0.254 e. The minimum absolute atomic E-state index is 0.0307. The normalized spacial score (nSPS) is 13.8. The van der Waals surface area contributed by atoms with Crippen molar-refractivity contribution >= 4 is 17.5 Å². The number of carbonyl (C=O) groups is 2. The van der Waals surface area contributed by atoms with E-state index in [1.165, 1.54) is 0 Å². The summed E-state index contributed by atoms with van der Waals surface area (Å²) in [6.07, 6.45) is 1.45. The highest BCUT2D eigenvalue weighted by molar-refractivity contribution is 5.99. The number of carbonyl (C=O) groups excluding carboxylic acids is 2. The maximum atomic E-state index is 12.9. The van der Waals surface area contributed by atoms with E-state index in [0.717, 1.165) is 30.0 Å². The number of amides is 2. The highest BCUT2D eigenvalue weighted by atomic mass is 16.5. The van der Waals surface area contributed by atoms with Crippen LogP contribution in [-0.2, 0) is 11.3 Å². The summed E-state index contributed by atoms with van der Waals surface area (Å²) in [5, 5.41) is 0. The molecule has 1 aliphatic heterocycles. The fraction of sp³-hybridized carbons (Fsp3) is 0.333. The molecule has 5 heteroatoms. The van der Waals surface area contributed by atoms with Gasteiger partial charge in [0.25, 0.3) is 5.91 Å². The Morgan fingerprint density at radius 3 is 2.58 bits per heavy atom. The summed E-state index contributed by atoms with van der Waals surface area (Å²) in [7, 11) is 1.63. The summed E-state index contributed by atoms with van der Waals surface area (Å²) < 4.78 is 5.18. The van der Waals surface area contributed by atoms with E-state index in [2.05, 4.69) is 0 Å². The van der Waals surface area contributed by atoms with Gasteiger partial charge in [-0.15, -0.1) is 0 Å². The molecule has 136 valence electrons. The van der Waals surface area contributed by atoms with Crippen LogP contribution in [0.3, 0.4) is 0 Å². The zero-order valence-electron chi connectivity index (χ0n) is 15.3. The van der Waals surface area contributed by atoms with E-state index < -0.39 is 0 Å². The first kappa shape index (κ1) is 18.0. The van der Waals surface area contributed by atoms with Gasteiger partial charge in [0.05, 0.1) is 7.11 Å².